The monoisotopic (exact) mass is 429 g/mol. The van der Waals surface area contributed by atoms with Gasteiger partial charge in [0.1, 0.15) is 11.4 Å². The van der Waals surface area contributed by atoms with E-state index in [9.17, 15) is 4.79 Å². The van der Waals surface area contributed by atoms with Gasteiger partial charge in [0.05, 0.1) is 22.4 Å². The van der Waals surface area contributed by atoms with Gasteiger partial charge in [-0.05, 0) is 48.5 Å². The lowest BCUT2D eigenvalue weighted by atomic mass is 10.3. The number of anilines is 2. The number of fused-ring (bicyclic) bond motifs is 1. The summed E-state index contributed by atoms with van der Waals surface area (Å²) in [7, 11) is 0. The Hall–Kier alpha value is -4.72. The van der Waals surface area contributed by atoms with Crippen molar-refractivity contribution in [1.82, 2.24) is 19.9 Å². The zero-order valence-electron chi connectivity index (χ0n) is 17.1. The fourth-order valence-corrected chi connectivity index (χ4v) is 2.58. The van der Waals surface area contributed by atoms with Crippen molar-refractivity contribution in [3.63, 3.8) is 0 Å². The number of hydrogen-bond acceptors (Lipinski definition) is 6. The van der Waals surface area contributed by atoms with Crippen molar-refractivity contribution >= 4 is 28.4 Å². The van der Waals surface area contributed by atoms with Gasteiger partial charge in [-0.3, -0.25) is 4.98 Å². The van der Waals surface area contributed by atoms with E-state index in [1.54, 1.807) is 30.5 Å². The number of para-hydroxylation sites is 4. The van der Waals surface area contributed by atoms with Crippen molar-refractivity contribution in [2.24, 2.45) is 0 Å². The predicted molar refractivity (Wildman–Crippen MR) is 128 cm³/mol. The quantitative estimate of drug-likeness (QED) is 0.302. The van der Waals surface area contributed by atoms with Crippen LogP contribution in [0.4, 0.5) is 11.4 Å². The molecule has 0 saturated heterocycles. The molecular weight excluding hydrogens is 404 g/mol. The van der Waals surface area contributed by atoms with Crippen LogP contribution in [0.25, 0.3) is 22.6 Å². The number of nitrogens with one attached hydrogen (secondary N) is 1. The molecule has 8 heteroatoms. The van der Waals surface area contributed by atoms with Gasteiger partial charge in [0.15, 0.2) is 5.82 Å². The number of nitrogens with two attached hydrogens (primary N) is 2. The van der Waals surface area contributed by atoms with Gasteiger partial charge in [-0.25, -0.2) is 14.8 Å². The first-order chi connectivity index (χ1) is 15.5. The summed E-state index contributed by atoms with van der Waals surface area (Å²) in [6.07, 6.45) is 3.21. The standard InChI is InChI=1S/C12H9N3.C6H8N2.C6H5NO2.H2/c1-2-6-10-9(5-1)14-12(15-10)11-7-3-4-8-13-11;7-5-3-1-2-4-6(5)8;8-6(9)5-3-1-2-4-7-5;/h1-8H,(H,14,15);1-4H,7-8H2;1-4H,(H,8,9);1H/i;;;1+1. The van der Waals surface area contributed by atoms with Crippen molar-refractivity contribution in [1.29, 1.82) is 0 Å². The topological polar surface area (TPSA) is 144 Å². The van der Waals surface area contributed by atoms with E-state index in [0.29, 0.717) is 11.4 Å². The van der Waals surface area contributed by atoms with Crippen LogP contribution in [0.1, 0.15) is 11.9 Å². The maximum atomic E-state index is 10.1. The largest absolute Gasteiger partial charge is 0.477 e. The maximum Gasteiger partial charge on any atom is 0.354 e. The maximum absolute atomic E-state index is 10.1. The first kappa shape index (κ1) is 22.0. The fraction of sp³-hybridized carbons (Fsp3) is 0. The zero-order valence-corrected chi connectivity index (χ0v) is 17.1. The van der Waals surface area contributed by atoms with E-state index in [-0.39, 0.29) is 7.12 Å². The number of aromatic amines is 1. The highest BCUT2D eigenvalue weighted by atomic mass is 16.4. The zero-order chi connectivity index (χ0) is 22.8. The third kappa shape index (κ3) is 6.14. The first-order valence-corrected chi connectivity index (χ1v) is 9.65. The molecule has 2 aromatic carbocycles. The molecule has 5 aromatic rings. The highest BCUT2D eigenvalue weighted by molar-refractivity contribution is 5.85. The van der Waals surface area contributed by atoms with Crippen LogP contribution in [-0.2, 0) is 0 Å². The van der Waals surface area contributed by atoms with Crippen molar-refractivity contribution in [3.05, 3.63) is 103 Å². The molecule has 0 saturated carbocycles. The molecule has 3 aromatic heterocycles. The number of pyridine rings is 2. The van der Waals surface area contributed by atoms with Crippen LogP contribution in [0, 0.1) is 0 Å². The summed E-state index contributed by atoms with van der Waals surface area (Å²) < 4.78 is 0. The Morgan fingerprint density at radius 1 is 0.781 bits per heavy atom. The molecule has 0 unspecified atom stereocenters. The van der Waals surface area contributed by atoms with Gasteiger partial charge in [-0.15, -0.1) is 0 Å². The summed E-state index contributed by atoms with van der Waals surface area (Å²) in [5, 5.41) is 8.32. The summed E-state index contributed by atoms with van der Waals surface area (Å²) in [5.41, 5.74) is 15.0. The summed E-state index contributed by atoms with van der Waals surface area (Å²) in [6.45, 7) is 0. The van der Waals surface area contributed by atoms with Crippen LogP contribution < -0.4 is 11.5 Å². The summed E-state index contributed by atoms with van der Waals surface area (Å²) in [4.78, 5) is 25.7. The highest BCUT2D eigenvalue weighted by Crippen LogP contribution is 2.17. The number of nitrogens with zero attached hydrogens (tertiary/aromatic N) is 3. The minimum atomic E-state index is -0.990. The van der Waals surface area contributed by atoms with E-state index < -0.39 is 5.97 Å². The number of carboxylic acid groups (broad SMARTS) is 1. The lowest BCUT2D eigenvalue weighted by Crippen LogP contribution is -1.97. The van der Waals surface area contributed by atoms with Crippen molar-refractivity contribution in [3.8, 4) is 11.5 Å². The summed E-state index contributed by atoms with van der Waals surface area (Å²) in [6, 6.07) is 25.8. The third-order valence-electron chi connectivity index (χ3n) is 4.18. The Morgan fingerprint density at radius 3 is 1.88 bits per heavy atom. The SMILES string of the molecule is Nc1ccccc1N.O=C(O)c1ccccn1.[2HH].c1ccc(-c2nc3ccccc3[nH]2)nc1. The Balaban J connectivity index is 0.000000186. The number of imidazole rings is 1. The minimum Gasteiger partial charge on any atom is -0.477 e. The van der Waals surface area contributed by atoms with E-state index in [4.69, 9.17) is 16.6 Å². The van der Waals surface area contributed by atoms with Gasteiger partial charge in [0, 0.05) is 13.8 Å². The number of aromatic carboxylic acids is 1. The number of H-pyrrole nitrogens is 1. The van der Waals surface area contributed by atoms with Crippen molar-refractivity contribution < 1.29 is 11.3 Å². The number of benzene rings is 2. The van der Waals surface area contributed by atoms with Gasteiger partial charge >= 0.3 is 5.97 Å². The third-order valence-corrected chi connectivity index (χ3v) is 4.18. The number of aromatic nitrogens is 4. The molecule has 8 nitrogen and oxygen atoms in total. The Labute approximate surface area is 186 Å². The van der Waals surface area contributed by atoms with E-state index in [2.05, 4.69) is 19.9 Å². The predicted octanol–water partition coefficient (Wildman–Crippen LogP) is 4.50. The number of carboxylic acids is 1. The second kappa shape index (κ2) is 10.9. The molecule has 6 N–H and O–H groups in total. The van der Waals surface area contributed by atoms with Crippen LogP contribution in [0.3, 0.4) is 0 Å². The van der Waals surface area contributed by atoms with Gasteiger partial charge in [-0.1, -0.05) is 36.4 Å². The average molecular weight is 430 g/mol. The fourth-order valence-electron chi connectivity index (χ4n) is 2.58. The first-order valence-electron chi connectivity index (χ1n) is 9.65. The van der Waals surface area contributed by atoms with Crippen LogP contribution in [0.15, 0.2) is 97.3 Å². The Morgan fingerprint density at radius 2 is 1.38 bits per heavy atom. The lowest BCUT2D eigenvalue weighted by molar-refractivity contribution is 0.0690. The number of rotatable bonds is 2. The van der Waals surface area contributed by atoms with Crippen LogP contribution in [0.2, 0.25) is 0 Å². The van der Waals surface area contributed by atoms with Crippen LogP contribution >= 0.6 is 0 Å². The molecule has 5 rings (SSSR count). The molecule has 32 heavy (non-hydrogen) atoms. The smallest absolute Gasteiger partial charge is 0.354 e. The molecule has 0 aliphatic heterocycles. The Bertz CT molecular complexity index is 1230. The molecule has 0 atom stereocenters. The van der Waals surface area contributed by atoms with Gasteiger partial charge < -0.3 is 21.6 Å². The van der Waals surface area contributed by atoms with E-state index in [1.807, 2.05) is 54.6 Å². The van der Waals surface area contributed by atoms with Gasteiger partial charge in [0.2, 0.25) is 0 Å². The van der Waals surface area contributed by atoms with Gasteiger partial charge in [0.25, 0.3) is 0 Å². The minimum absolute atomic E-state index is 0. The number of nitrogen functional groups attached to an aromatic ring is 2. The lowest BCUT2D eigenvalue weighted by Gasteiger charge is -1.94. The average Bonchev–Trinajstić information content (AvgIpc) is 3.27. The Kier molecular flexibility index (Phi) is 7.48. The number of hydrogen-bond donors (Lipinski definition) is 4. The second-order valence-electron chi connectivity index (χ2n) is 6.47. The normalized spacial score (nSPS) is 9.75. The summed E-state index contributed by atoms with van der Waals surface area (Å²) in [5.74, 6) is -0.174. The number of carbonyl (C=O) groups is 1. The molecule has 0 aliphatic carbocycles. The molecule has 0 aliphatic rings. The van der Waals surface area contributed by atoms with E-state index in [1.165, 1.54) is 12.3 Å². The molecule has 0 bridgehead atoms. The van der Waals surface area contributed by atoms with Crippen LogP contribution in [0.5, 0.6) is 0 Å². The van der Waals surface area contributed by atoms with Gasteiger partial charge in [-0.2, -0.15) is 0 Å². The van der Waals surface area contributed by atoms with Crippen molar-refractivity contribution in [2.45, 2.75) is 0 Å². The van der Waals surface area contributed by atoms with E-state index >= 15 is 0 Å². The molecule has 0 radical (unpaired) electrons. The molecule has 162 valence electrons. The van der Waals surface area contributed by atoms with E-state index in [0.717, 1.165) is 22.6 Å². The van der Waals surface area contributed by atoms with Crippen LogP contribution in [-0.4, -0.2) is 31.0 Å². The highest BCUT2D eigenvalue weighted by Gasteiger charge is 2.04. The second-order valence-corrected chi connectivity index (χ2v) is 6.47. The molecule has 0 amide bonds. The molecule has 0 fully saturated rings. The molecular formula is C24H24N6O2. The summed E-state index contributed by atoms with van der Waals surface area (Å²) >= 11 is 0. The molecule has 0 spiro atoms. The molecule has 3 heterocycles. The van der Waals surface area contributed by atoms with Crippen molar-refractivity contribution in [2.75, 3.05) is 11.5 Å².